The van der Waals surface area contributed by atoms with Crippen molar-refractivity contribution in [2.75, 3.05) is 5.01 Å². The minimum absolute atomic E-state index is 0.0624. The molecule has 0 fully saturated rings. The van der Waals surface area contributed by atoms with Crippen molar-refractivity contribution < 1.29 is 27.8 Å². The van der Waals surface area contributed by atoms with Crippen LogP contribution in [-0.4, -0.2) is 25.9 Å². The molecule has 0 aromatic heterocycles. The van der Waals surface area contributed by atoms with Crippen LogP contribution in [0.2, 0.25) is 0 Å². The number of amides is 1. The molecule has 0 radical (unpaired) electrons. The molecule has 2 aromatic rings. The van der Waals surface area contributed by atoms with E-state index in [1.54, 1.807) is 6.92 Å². The van der Waals surface area contributed by atoms with Gasteiger partial charge in [-0.25, -0.2) is 18.1 Å². The Bertz CT molecular complexity index is 1220. The average Bonchev–Trinajstić information content (AvgIpc) is 3.09. The van der Waals surface area contributed by atoms with Crippen molar-refractivity contribution in [1.82, 2.24) is 4.72 Å². The van der Waals surface area contributed by atoms with Crippen LogP contribution in [0, 0.1) is 5.41 Å². The molecule has 3 rings (SSSR count). The number of carbonyl (C=O) groups excluding carboxylic acids is 1. The normalized spacial score (nSPS) is 15.1. The molecular formula is C19H17ClN6NiO3S3-. The van der Waals surface area contributed by atoms with Crippen LogP contribution in [0.15, 0.2) is 84.0 Å². The molecule has 0 saturated heterocycles. The molecule has 177 valence electrons. The van der Waals surface area contributed by atoms with E-state index in [1.165, 1.54) is 29.3 Å². The SMILES string of the molecule is CC(=O)NS(=O)(=O)c1ccc(N=NS/C([S-])=C2\C(=N)N(c3ccccc3)N=C2C)cc1.[Cl][Ni]. The Morgan fingerprint density at radius 1 is 1.18 bits per heavy atom. The number of hydrogen-bond acceptors (Lipinski definition) is 9. The zero-order valence-corrected chi connectivity index (χ0v) is 21.3. The molecule has 2 aromatic carbocycles. The van der Waals surface area contributed by atoms with Crippen molar-refractivity contribution in [3.8, 4) is 0 Å². The van der Waals surface area contributed by atoms with Crippen molar-refractivity contribution in [2.24, 2.45) is 14.7 Å². The molecule has 33 heavy (non-hydrogen) atoms. The summed E-state index contributed by atoms with van der Waals surface area (Å²) >= 11 is 9.67. The molecule has 0 saturated carbocycles. The Labute approximate surface area is 213 Å². The molecule has 9 nitrogen and oxygen atoms in total. The maximum atomic E-state index is 11.9. The first-order valence-corrected chi connectivity index (χ1v) is 13.0. The molecule has 0 bridgehead atoms. The number of rotatable bonds is 6. The molecule has 0 unspecified atom stereocenters. The Morgan fingerprint density at radius 3 is 2.36 bits per heavy atom. The Kier molecular flexibility index (Phi) is 9.99. The van der Waals surface area contributed by atoms with E-state index in [-0.39, 0.29) is 10.7 Å². The van der Waals surface area contributed by atoms with E-state index in [0.717, 1.165) is 24.6 Å². The first kappa shape index (κ1) is 26.9. The summed E-state index contributed by atoms with van der Waals surface area (Å²) in [5.74, 6) is -0.516. The molecule has 1 heterocycles. The number of sulfonamides is 1. The molecule has 0 aliphatic carbocycles. The fourth-order valence-corrected chi connectivity index (χ4v) is 4.50. The van der Waals surface area contributed by atoms with E-state index in [0.29, 0.717) is 21.2 Å². The van der Waals surface area contributed by atoms with Crippen LogP contribution in [0.1, 0.15) is 13.8 Å². The molecule has 14 heteroatoms. The predicted molar refractivity (Wildman–Crippen MR) is 130 cm³/mol. The van der Waals surface area contributed by atoms with Gasteiger partial charge in [0.05, 0.1) is 22.0 Å². The minimum atomic E-state index is -3.90. The Balaban J connectivity index is 0.00000187. The second-order valence-corrected chi connectivity index (χ2v) is 9.38. The van der Waals surface area contributed by atoms with Crippen LogP contribution >= 0.6 is 22.1 Å². The fourth-order valence-electron chi connectivity index (χ4n) is 2.62. The number of benzene rings is 2. The van der Waals surface area contributed by atoms with Gasteiger partial charge in [0.15, 0.2) is 5.84 Å². The second-order valence-electron chi connectivity index (χ2n) is 6.27. The number of hydrogen-bond donors (Lipinski definition) is 2. The van der Waals surface area contributed by atoms with Gasteiger partial charge in [-0.1, -0.05) is 18.2 Å². The summed E-state index contributed by atoms with van der Waals surface area (Å²) in [6.45, 7) is 2.89. The third-order valence-electron chi connectivity index (χ3n) is 3.97. The summed E-state index contributed by atoms with van der Waals surface area (Å²) in [5.41, 5.74) is 2.26. The molecule has 1 amide bonds. The summed E-state index contributed by atoms with van der Waals surface area (Å²) < 4.78 is 30.1. The van der Waals surface area contributed by atoms with Gasteiger partial charge in [-0.15, -0.1) is 13.9 Å². The maximum absolute atomic E-state index is 11.9. The predicted octanol–water partition coefficient (Wildman–Crippen LogP) is 4.56. The molecule has 0 atom stereocenters. The Morgan fingerprint density at radius 2 is 1.79 bits per heavy atom. The van der Waals surface area contributed by atoms with Gasteiger partial charge in [-0.3, -0.25) is 10.2 Å². The van der Waals surface area contributed by atoms with Crippen molar-refractivity contribution in [3.05, 3.63) is 64.4 Å². The number of carbonyl (C=O) groups is 1. The van der Waals surface area contributed by atoms with Crippen LogP contribution in [0.5, 0.6) is 0 Å². The Hall–Kier alpha value is -2.31. The number of nitrogens with zero attached hydrogens (tertiary/aromatic N) is 4. The summed E-state index contributed by atoms with van der Waals surface area (Å²) in [5, 5.41) is 18.3. The van der Waals surface area contributed by atoms with E-state index >= 15 is 0 Å². The summed E-state index contributed by atoms with van der Waals surface area (Å²) in [6.07, 6.45) is 0. The van der Waals surface area contributed by atoms with Gasteiger partial charge in [0.2, 0.25) is 5.91 Å². The monoisotopic (exact) mass is 566 g/mol. The van der Waals surface area contributed by atoms with Crippen molar-refractivity contribution in [1.29, 1.82) is 5.41 Å². The van der Waals surface area contributed by atoms with Gasteiger partial charge in [0.25, 0.3) is 10.0 Å². The molecule has 1 aliphatic heterocycles. The van der Waals surface area contributed by atoms with Crippen molar-refractivity contribution in [3.63, 3.8) is 0 Å². The van der Waals surface area contributed by atoms with Crippen molar-refractivity contribution in [2.45, 2.75) is 18.7 Å². The molecular weight excluding hydrogens is 551 g/mol. The fraction of sp³-hybridized carbons (Fsp3) is 0.105. The van der Waals surface area contributed by atoms with Gasteiger partial charge in [-0.05, 0) is 43.3 Å². The van der Waals surface area contributed by atoms with Crippen LogP contribution in [-0.2, 0) is 42.0 Å². The summed E-state index contributed by atoms with van der Waals surface area (Å²) in [7, 11) is 0.360. The van der Waals surface area contributed by atoms with Gasteiger partial charge in [0.1, 0.15) is 0 Å². The van der Waals surface area contributed by atoms with Crippen LogP contribution in [0.25, 0.3) is 0 Å². The van der Waals surface area contributed by atoms with E-state index in [2.05, 4.69) is 39.5 Å². The van der Waals surface area contributed by atoms with Gasteiger partial charge in [-0.2, -0.15) is 5.10 Å². The standard InChI is InChI=1S/C19H18N6O3S3.ClH.Ni/c1-12-17(18(20)25(22-12)15-6-4-3-5-7-15)19(29)30-24-21-14-8-10-16(11-9-14)31(27,28)23-13(2)26;;/h3-11,20,29H,1-2H3,(H,23,26);1H;/q;;+1/p-2/b19-17-,20-18?,24-21?;;. The van der Waals surface area contributed by atoms with E-state index in [1.807, 2.05) is 35.1 Å². The topological polar surface area (TPSA) is 127 Å². The second kappa shape index (κ2) is 12.2. The molecule has 2 N–H and O–H groups in total. The van der Waals surface area contributed by atoms with E-state index < -0.39 is 15.9 Å². The number of para-hydroxylation sites is 1. The number of hydrazone groups is 1. The van der Waals surface area contributed by atoms with Crippen molar-refractivity contribution >= 4 is 73.6 Å². The van der Waals surface area contributed by atoms with E-state index in [4.69, 9.17) is 18.0 Å². The molecule has 1 aliphatic rings. The first-order chi connectivity index (χ1) is 15.7. The van der Waals surface area contributed by atoms with Crippen LogP contribution in [0.4, 0.5) is 11.4 Å². The number of nitrogens with one attached hydrogen (secondary N) is 2. The third-order valence-corrected chi connectivity index (χ3v) is 6.38. The number of halogens is 1. The van der Waals surface area contributed by atoms with Gasteiger partial charge >= 0.3 is 24.8 Å². The summed E-state index contributed by atoms with van der Waals surface area (Å²) in [6, 6.07) is 14.8. The zero-order valence-electron chi connectivity index (χ0n) is 17.1. The van der Waals surface area contributed by atoms with Crippen LogP contribution < -0.4 is 9.73 Å². The van der Waals surface area contributed by atoms with Gasteiger partial charge < -0.3 is 12.6 Å². The number of amidine groups is 1. The number of anilines is 1. The summed E-state index contributed by atoms with van der Waals surface area (Å²) in [4.78, 5) is 10.9. The van der Waals surface area contributed by atoms with E-state index in [9.17, 15) is 13.2 Å². The average molecular weight is 568 g/mol. The van der Waals surface area contributed by atoms with Crippen LogP contribution in [0.3, 0.4) is 0 Å². The molecule has 0 spiro atoms. The van der Waals surface area contributed by atoms with Gasteiger partial charge in [0, 0.05) is 24.4 Å². The zero-order chi connectivity index (χ0) is 24.6. The quantitative estimate of drug-likeness (QED) is 0.228. The third kappa shape index (κ3) is 7.09. The first-order valence-electron chi connectivity index (χ1n) is 8.93.